The van der Waals surface area contributed by atoms with E-state index >= 15 is 0 Å². The molecule has 1 saturated carbocycles. The summed E-state index contributed by atoms with van der Waals surface area (Å²) < 4.78 is 0. The van der Waals surface area contributed by atoms with Crippen molar-refractivity contribution in [3.8, 4) is 0 Å². The molecule has 0 amide bonds. The van der Waals surface area contributed by atoms with Gasteiger partial charge in [0.2, 0.25) is 0 Å². The topological polar surface area (TPSA) is 28.2 Å². The van der Waals surface area contributed by atoms with Crippen molar-refractivity contribution in [2.45, 2.75) is 59.4 Å². The highest BCUT2D eigenvalue weighted by atomic mass is 15.2. The quantitative estimate of drug-likeness (QED) is 0.832. The van der Waals surface area contributed by atoms with E-state index in [2.05, 4.69) is 55.0 Å². The summed E-state index contributed by atoms with van der Waals surface area (Å²) in [6.45, 7) is 11.1. The lowest BCUT2D eigenvalue weighted by Crippen LogP contribution is -2.35. The fourth-order valence-corrected chi connectivity index (χ4v) is 3.56. The first kappa shape index (κ1) is 16.1. The summed E-state index contributed by atoms with van der Waals surface area (Å²) in [5, 5.41) is 3.73. The van der Waals surface area contributed by atoms with Crippen LogP contribution in [-0.2, 0) is 0 Å². The molecule has 0 aliphatic heterocycles. The molecule has 1 aliphatic rings. The summed E-state index contributed by atoms with van der Waals surface area (Å²) in [6.07, 6.45) is 7.40. The van der Waals surface area contributed by atoms with Gasteiger partial charge in [-0.05, 0) is 50.7 Å². The monoisotopic (exact) mass is 289 g/mol. The van der Waals surface area contributed by atoms with Crippen molar-refractivity contribution in [2.24, 2.45) is 11.8 Å². The average molecular weight is 289 g/mol. The Hall–Kier alpha value is -1.25. The van der Waals surface area contributed by atoms with Gasteiger partial charge in [-0.1, -0.05) is 26.7 Å². The highest BCUT2D eigenvalue weighted by Gasteiger charge is 2.27. The van der Waals surface area contributed by atoms with Crippen LogP contribution in [0, 0.1) is 11.8 Å². The lowest BCUT2D eigenvalue weighted by Gasteiger charge is -2.35. The maximum Gasteiger partial charge on any atom is 0.128 e. The summed E-state index contributed by atoms with van der Waals surface area (Å²) in [7, 11) is 0. The minimum Gasteiger partial charge on any atom is -0.381 e. The van der Waals surface area contributed by atoms with E-state index in [1.54, 1.807) is 0 Å². The van der Waals surface area contributed by atoms with Crippen LogP contribution in [0.1, 0.15) is 53.4 Å². The predicted octanol–water partition coefficient (Wildman–Crippen LogP) is 4.55. The van der Waals surface area contributed by atoms with E-state index in [0.29, 0.717) is 6.04 Å². The van der Waals surface area contributed by atoms with Gasteiger partial charge in [-0.25, -0.2) is 4.98 Å². The molecule has 1 N–H and O–H groups in total. The van der Waals surface area contributed by atoms with Crippen LogP contribution < -0.4 is 10.2 Å². The van der Waals surface area contributed by atoms with Crippen LogP contribution in [0.25, 0.3) is 0 Å². The summed E-state index contributed by atoms with van der Waals surface area (Å²) in [5.41, 5.74) is 1.17. The lowest BCUT2D eigenvalue weighted by atomic mass is 9.78. The van der Waals surface area contributed by atoms with Crippen molar-refractivity contribution in [1.29, 1.82) is 0 Å². The molecule has 3 nitrogen and oxygen atoms in total. The van der Waals surface area contributed by atoms with Crippen molar-refractivity contribution in [3.05, 3.63) is 18.3 Å². The second kappa shape index (κ2) is 7.67. The molecule has 1 fully saturated rings. The number of rotatable bonds is 6. The van der Waals surface area contributed by atoms with Gasteiger partial charge in [0.05, 0.1) is 11.9 Å². The molecule has 2 unspecified atom stereocenters. The maximum absolute atomic E-state index is 4.62. The van der Waals surface area contributed by atoms with Crippen molar-refractivity contribution >= 4 is 11.5 Å². The standard InChI is InChI=1S/C18H31N3/c1-5-21(6-2)18-12-11-15(13-19-18)20-17-10-8-7-9-16(17)14(3)4/h11-14,16-17,20H,5-10H2,1-4H3. The predicted molar refractivity (Wildman–Crippen MR) is 92.0 cm³/mol. The van der Waals surface area contributed by atoms with Gasteiger partial charge in [-0.15, -0.1) is 0 Å². The Labute approximate surface area is 130 Å². The molecule has 2 rings (SSSR count). The van der Waals surface area contributed by atoms with Crippen LogP contribution in [0.5, 0.6) is 0 Å². The van der Waals surface area contributed by atoms with Crippen molar-refractivity contribution in [1.82, 2.24) is 4.98 Å². The van der Waals surface area contributed by atoms with E-state index in [1.807, 2.05) is 6.20 Å². The smallest absolute Gasteiger partial charge is 0.128 e. The Morgan fingerprint density at radius 3 is 2.48 bits per heavy atom. The van der Waals surface area contributed by atoms with E-state index in [-0.39, 0.29) is 0 Å². The van der Waals surface area contributed by atoms with Crippen molar-refractivity contribution in [2.75, 3.05) is 23.3 Å². The molecule has 0 bridgehead atoms. The maximum atomic E-state index is 4.62. The zero-order valence-corrected chi connectivity index (χ0v) is 14.1. The Morgan fingerprint density at radius 1 is 1.19 bits per heavy atom. The molecule has 21 heavy (non-hydrogen) atoms. The van der Waals surface area contributed by atoms with Gasteiger partial charge in [0.25, 0.3) is 0 Å². The first-order chi connectivity index (χ1) is 10.2. The van der Waals surface area contributed by atoms with Crippen LogP contribution in [-0.4, -0.2) is 24.1 Å². The Balaban J connectivity index is 2.02. The Kier molecular flexibility index (Phi) is 5.89. The molecule has 2 atom stereocenters. The van der Waals surface area contributed by atoms with E-state index < -0.39 is 0 Å². The average Bonchev–Trinajstić information content (AvgIpc) is 2.50. The number of hydrogen-bond acceptors (Lipinski definition) is 3. The first-order valence-electron chi connectivity index (χ1n) is 8.63. The molecule has 0 aromatic carbocycles. The van der Waals surface area contributed by atoms with E-state index in [1.165, 1.54) is 31.4 Å². The van der Waals surface area contributed by atoms with E-state index in [4.69, 9.17) is 0 Å². The molecule has 118 valence electrons. The minimum absolute atomic E-state index is 0.611. The molecule has 1 aromatic rings. The normalized spacial score (nSPS) is 22.3. The first-order valence-corrected chi connectivity index (χ1v) is 8.63. The number of anilines is 2. The molecule has 0 saturated heterocycles. The van der Waals surface area contributed by atoms with Gasteiger partial charge in [-0.2, -0.15) is 0 Å². The number of pyridine rings is 1. The number of aromatic nitrogens is 1. The molecule has 1 heterocycles. The van der Waals surface area contributed by atoms with E-state index in [0.717, 1.165) is 30.7 Å². The number of nitrogens with zero attached hydrogens (tertiary/aromatic N) is 2. The second-order valence-corrected chi connectivity index (χ2v) is 6.52. The fourth-order valence-electron chi connectivity index (χ4n) is 3.56. The molecular formula is C18H31N3. The summed E-state index contributed by atoms with van der Waals surface area (Å²) in [4.78, 5) is 6.90. The van der Waals surface area contributed by atoms with Gasteiger partial charge in [0.1, 0.15) is 5.82 Å². The summed E-state index contributed by atoms with van der Waals surface area (Å²) >= 11 is 0. The second-order valence-electron chi connectivity index (χ2n) is 6.52. The third-order valence-corrected chi connectivity index (χ3v) is 4.86. The highest BCUT2D eigenvalue weighted by molar-refractivity contribution is 5.49. The van der Waals surface area contributed by atoms with Gasteiger partial charge >= 0.3 is 0 Å². The SMILES string of the molecule is CCN(CC)c1ccc(NC2CCCCC2C(C)C)cn1. The van der Waals surface area contributed by atoms with Crippen LogP contribution >= 0.6 is 0 Å². The zero-order chi connectivity index (χ0) is 15.2. The summed E-state index contributed by atoms with van der Waals surface area (Å²) in [6, 6.07) is 4.94. The minimum atomic E-state index is 0.611. The third-order valence-electron chi connectivity index (χ3n) is 4.86. The lowest BCUT2D eigenvalue weighted by molar-refractivity contribution is 0.254. The number of nitrogens with one attached hydrogen (secondary N) is 1. The summed E-state index contributed by atoms with van der Waals surface area (Å²) in [5.74, 6) is 2.63. The molecule has 0 radical (unpaired) electrons. The molecular weight excluding hydrogens is 258 g/mol. The van der Waals surface area contributed by atoms with Crippen LogP contribution in [0.2, 0.25) is 0 Å². The van der Waals surface area contributed by atoms with Crippen molar-refractivity contribution < 1.29 is 0 Å². The van der Waals surface area contributed by atoms with Gasteiger partial charge in [0.15, 0.2) is 0 Å². The molecule has 1 aliphatic carbocycles. The Morgan fingerprint density at radius 2 is 1.90 bits per heavy atom. The van der Waals surface area contributed by atoms with Gasteiger partial charge < -0.3 is 10.2 Å². The van der Waals surface area contributed by atoms with Crippen LogP contribution in [0.4, 0.5) is 11.5 Å². The number of hydrogen-bond donors (Lipinski definition) is 1. The Bertz CT molecular complexity index is 409. The van der Waals surface area contributed by atoms with Gasteiger partial charge in [0, 0.05) is 19.1 Å². The highest BCUT2D eigenvalue weighted by Crippen LogP contribution is 2.32. The van der Waals surface area contributed by atoms with Crippen molar-refractivity contribution in [3.63, 3.8) is 0 Å². The van der Waals surface area contributed by atoms with Crippen LogP contribution in [0.15, 0.2) is 18.3 Å². The molecule has 0 spiro atoms. The molecule has 3 heteroatoms. The van der Waals surface area contributed by atoms with Crippen LogP contribution in [0.3, 0.4) is 0 Å². The van der Waals surface area contributed by atoms with Gasteiger partial charge in [-0.3, -0.25) is 0 Å². The zero-order valence-electron chi connectivity index (χ0n) is 14.1. The largest absolute Gasteiger partial charge is 0.381 e. The fraction of sp³-hybridized carbons (Fsp3) is 0.722. The van der Waals surface area contributed by atoms with E-state index in [9.17, 15) is 0 Å². The third kappa shape index (κ3) is 4.12. The molecule has 1 aromatic heterocycles.